The highest BCUT2D eigenvalue weighted by molar-refractivity contribution is 6.31. The first kappa shape index (κ1) is 20.6. The van der Waals surface area contributed by atoms with Crippen molar-refractivity contribution in [2.45, 2.75) is 37.8 Å². The second kappa shape index (κ2) is 8.93. The standard InChI is InChI=1S/C23H21ClN2O3/c1-2-21(28)26(19-10-6-9-18(24)15-19)23(13-11-20(27)12-14-23)22(29)25-16-17-7-4-3-5-8-17/h1,3-10,15H,11-14,16H2,(H,25,29). The van der Waals surface area contributed by atoms with E-state index in [4.69, 9.17) is 18.0 Å². The number of anilines is 1. The van der Waals surface area contributed by atoms with Crippen LogP contribution in [0.2, 0.25) is 5.02 Å². The summed E-state index contributed by atoms with van der Waals surface area (Å²) in [5, 5.41) is 3.34. The zero-order valence-corrected chi connectivity index (χ0v) is 16.6. The van der Waals surface area contributed by atoms with Crippen LogP contribution >= 0.6 is 11.6 Å². The molecule has 2 aromatic rings. The summed E-state index contributed by atoms with van der Waals surface area (Å²) in [6.07, 6.45) is 6.24. The van der Waals surface area contributed by atoms with Gasteiger partial charge in [0.1, 0.15) is 11.3 Å². The minimum absolute atomic E-state index is 0.0654. The van der Waals surface area contributed by atoms with Crippen LogP contribution in [-0.4, -0.2) is 23.1 Å². The molecule has 6 heteroatoms. The monoisotopic (exact) mass is 408 g/mol. The fraction of sp³-hybridized carbons (Fsp3) is 0.261. The number of benzene rings is 2. The van der Waals surface area contributed by atoms with Crippen LogP contribution in [0, 0.1) is 12.3 Å². The third kappa shape index (κ3) is 4.49. The molecule has 2 amide bonds. The van der Waals surface area contributed by atoms with E-state index in [0.717, 1.165) is 5.56 Å². The fourth-order valence-corrected chi connectivity index (χ4v) is 3.86. The molecule has 5 nitrogen and oxygen atoms in total. The zero-order chi connectivity index (χ0) is 20.9. The Balaban J connectivity index is 1.99. The number of ketones is 1. The molecule has 0 unspecified atom stereocenters. The van der Waals surface area contributed by atoms with Crippen LogP contribution < -0.4 is 10.2 Å². The van der Waals surface area contributed by atoms with Gasteiger partial charge in [0.25, 0.3) is 0 Å². The van der Waals surface area contributed by atoms with E-state index in [0.29, 0.717) is 17.3 Å². The van der Waals surface area contributed by atoms with Crippen molar-refractivity contribution >= 4 is 34.9 Å². The number of terminal acetylenes is 1. The highest BCUT2D eigenvalue weighted by Gasteiger charge is 2.49. The first-order valence-corrected chi connectivity index (χ1v) is 9.74. The van der Waals surface area contributed by atoms with Gasteiger partial charge in [-0.25, -0.2) is 0 Å². The average Bonchev–Trinajstić information content (AvgIpc) is 2.74. The Morgan fingerprint density at radius 1 is 1.10 bits per heavy atom. The molecular formula is C23H21ClN2O3. The molecule has 3 rings (SSSR count). The minimum atomic E-state index is -1.25. The molecular weight excluding hydrogens is 388 g/mol. The van der Waals surface area contributed by atoms with Gasteiger partial charge >= 0.3 is 5.91 Å². The maximum atomic E-state index is 13.4. The second-order valence-electron chi connectivity index (χ2n) is 7.00. The van der Waals surface area contributed by atoms with E-state index in [2.05, 4.69) is 11.2 Å². The van der Waals surface area contributed by atoms with E-state index in [1.54, 1.807) is 24.3 Å². The number of carbonyl (C=O) groups excluding carboxylic acids is 3. The molecule has 2 aromatic carbocycles. The molecule has 0 radical (unpaired) electrons. The Labute approximate surface area is 175 Å². The number of carbonyl (C=O) groups is 3. The van der Waals surface area contributed by atoms with E-state index >= 15 is 0 Å². The van der Waals surface area contributed by atoms with Crippen LogP contribution in [0.1, 0.15) is 31.2 Å². The Kier molecular flexibility index (Phi) is 6.36. The van der Waals surface area contributed by atoms with E-state index in [9.17, 15) is 14.4 Å². The summed E-state index contributed by atoms with van der Waals surface area (Å²) in [5.74, 6) is 1.21. The third-order valence-corrected chi connectivity index (χ3v) is 5.41. The van der Waals surface area contributed by atoms with Crippen molar-refractivity contribution in [3.8, 4) is 12.3 Å². The average molecular weight is 409 g/mol. The van der Waals surface area contributed by atoms with Gasteiger partial charge in [-0.15, -0.1) is 6.42 Å². The van der Waals surface area contributed by atoms with Gasteiger partial charge < -0.3 is 5.32 Å². The molecule has 0 aliphatic heterocycles. The lowest BCUT2D eigenvalue weighted by atomic mass is 9.78. The van der Waals surface area contributed by atoms with Gasteiger partial charge in [-0.1, -0.05) is 48.0 Å². The SMILES string of the molecule is C#CC(=O)N(c1cccc(Cl)c1)C1(C(=O)NCc2ccccc2)CCC(=O)CC1. The molecule has 0 atom stereocenters. The molecule has 0 saturated heterocycles. The first-order valence-electron chi connectivity index (χ1n) is 9.36. The van der Waals surface area contributed by atoms with Crippen molar-refractivity contribution in [2.24, 2.45) is 0 Å². The van der Waals surface area contributed by atoms with Gasteiger partial charge in [0.2, 0.25) is 5.91 Å². The zero-order valence-electron chi connectivity index (χ0n) is 15.9. The quantitative estimate of drug-likeness (QED) is 0.770. The van der Waals surface area contributed by atoms with E-state index in [-0.39, 0.29) is 37.4 Å². The van der Waals surface area contributed by atoms with Crippen molar-refractivity contribution in [3.63, 3.8) is 0 Å². The Morgan fingerprint density at radius 2 is 1.79 bits per heavy atom. The summed E-state index contributed by atoms with van der Waals surface area (Å²) in [6.45, 7) is 0.309. The lowest BCUT2D eigenvalue weighted by molar-refractivity contribution is -0.133. The van der Waals surface area contributed by atoms with Crippen LogP contribution in [-0.2, 0) is 20.9 Å². The number of hydrogen-bond acceptors (Lipinski definition) is 3. The number of rotatable bonds is 5. The fourth-order valence-electron chi connectivity index (χ4n) is 3.68. The van der Waals surface area contributed by atoms with E-state index in [1.807, 2.05) is 30.3 Å². The van der Waals surface area contributed by atoms with E-state index in [1.165, 1.54) is 4.90 Å². The molecule has 29 heavy (non-hydrogen) atoms. The first-order chi connectivity index (χ1) is 14.0. The maximum absolute atomic E-state index is 13.4. The van der Waals surface area contributed by atoms with Gasteiger partial charge in [-0.05, 0) is 42.5 Å². The molecule has 1 aliphatic rings. The summed E-state index contributed by atoms with van der Waals surface area (Å²) in [5.41, 5.74) is 0.113. The predicted octanol–water partition coefficient (Wildman–Crippen LogP) is 3.50. The van der Waals surface area contributed by atoms with E-state index < -0.39 is 11.4 Å². The maximum Gasteiger partial charge on any atom is 0.303 e. The molecule has 1 aliphatic carbocycles. The molecule has 1 fully saturated rings. The molecule has 0 aromatic heterocycles. The molecule has 1 N–H and O–H groups in total. The Hall–Kier alpha value is -3.10. The van der Waals surface area contributed by atoms with Crippen molar-refractivity contribution in [2.75, 3.05) is 4.90 Å². The molecule has 0 heterocycles. The summed E-state index contributed by atoms with van der Waals surface area (Å²) in [4.78, 5) is 39.4. The molecule has 148 valence electrons. The number of hydrogen-bond donors (Lipinski definition) is 1. The highest BCUT2D eigenvalue weighted by atomic mass is 35.5. The van der Waals surface area contributed by atoms with Gasteiger partial charge in [-0.3, -0.25) is 19.3 Å². The van der Waals surface area contributed by atoms with Crippen LogP contribution in [0.4, 0.5) is 5.69 Å². The minimum Gasteiger partial charge on any atom is -0.350 e. The van der Waals surface area contributed by atoms with Crippen LogP contribution in [0.25, 0.3) is 0 Å². The topological polar surface area (TPSA) is 66.5 Å². The highest BCUT2D eigenvalue weighted by Crippen LogP contribution is 2.37. The molecule has 0 spiro atoms. The van der Waals surface area contributed by atoms with Crippen molar-refractivity contribution < 1.29 is 14.4 Å². The lowest BCUT2D eigenvalue weighted by Gasteiger charge is -2.43. The molecule has 1 saturated carbocycles. The third-order valence-electron chi connectivity index (χ3n) is 5.17. The Bertz CT molecular complexity index is 956. The molecule has 0 bridgehead atoms. The number of amides is 2. The summed E-state index contributed by atoms with van der Waals surface area (Å²) in [6, 6.07) is 16.1. The lowest BCUT2D eigenvalue weighted by Crippen LogP contribution is -2.62. The van der Waals surface area contributed by atoms with Gasteiger partial charge in [0, 0.05) is 30.1 Å². The number of nitrogens with zero attached hydrogens (tertiary/aromatic N) is 1. The van der Waals surface area contributed by atoms with Crippen LogP contribution in [0.5, 0.6) is 0 Å². The number of halogens is 1. The summed E-state index contributed by atoms with van der Waals surface area (Å²) in [7, 11) is 0. The van der Waals surface area contributed by atoms with Gasteiger partial charge in [-0.2, -0.15) is 0 Å². The second-order valence-corrected chi connectivity index (χ2v) is 7.44. The van der Waals surface area contributed by atoms with Crippen molar-refractivity contribution in [3.05, 3.63) is 65.2 Å². The number of Topliss-reactive ketones (excluding diaryl/α,β-unsaturated/α-hetero) is 1. The van der Waals surface area contributed by atoms with Crippen LogP contribution in [0.3, 0.4) is 0 Å². The summed E-state index contributed by atoms with van der Waals surface area (Å²) < 4.78 is 0. The van der Waals surface area contributed by atoms with Gasteiger partial charge in [0.05, 0.1) is 0 Å². The smallest absolute Gasteiger partial charge is 0.303 e. The summed E-state index contributed by atoms with van der Waals surface area (Å²) >= 11 is 6.12. The Morgan fingerprint density at radius 3 is 2.41 bits per heavy atom. The van der Waals surface area contributed by atoms with Gasteiger partial charge in [0.15, 0.2) is 0 Å². The van der Waals surface area contributed by atoms with Crippen LogP contribution in [0.15, 0.2) is 54.6 Å². The van der Waals surface area contributed by atoms with Crippen molar-refractivity contribution in [1.82, 2.24) is 5.32 Å². The van der Waals surface area contributed by atoms with Crippen molar-refractivity contribution in [1.29, 1.82) is 0 Å². The predicted molar refractivity (Wildman–Crippen MR) is 112 cm³/mol. The number of nitrogens with one attached hydrogen (secondary N) is 1. The largest absolute Gasteiger partial charge is 0.350 e. The normalized spacial score (nSPS) is 15.2.